The molecule has 3 heterocycles. The molecule has 11 nitrogen and oxygen atoms in total. The van der Waals surface area contributed by atoms with Crippen molar-refractivity contribution < 1.29 is 37.3 Å². The summed E-state index contributed by atoms with van der Waals surface area (Å²) in [4.78, 5) is 15.0. The lowest BCUT2D eigenvalue weighted by atomic mass is 9.96. The van der Waals surface area contributed by atoms with Crippen molar-refractivity contribution in [1.29, 1.82) is 0 Å². The molecular weight excluding hydrogens is 502 g/mol. The van der Waals surface area contributed by atoms with E-state index in [9.17, 15) is 18.3 Å². The normalized spacial score (nSPS) is 28.1. The molecule has 208 valence electrons. The van der Waals surface area contributed by atoms with E-state index in [1.807, 2.05) is 0 Å². The van der Waals surface area contributed by atoms with E-state index >= 15 is 0 Å². The third kappa shape index (κ3) is 7.62. The largest absolute Gasteiger partial charge is 0.497 e. The number of sulfonamides is 1. The number of aliphatic hydroxyl groups excluding tert-OH is 1. The van der Waals surface area contributed by atoms with E-state index in [2.05, 4.69) is 10.2 Å². The van der Waals surface area contributed by atoms with E-state index in [-0.39, 0.29) is 43.1 Å². The maximum atomic E-state index is 13.6. The molecule has 0 radical (unpaired) electrons. The van der Waals surface area contributed by atoms with Crippen LogP contribution in [0.15, 0.2) is 29.2 Å². The Morgan fingerprint density at radius 1 is 1.19 bits per heavy atom. The number of hydrogen-bond donors (Lipinski definition) is 2. The highest BCUT2D eigenvalue weighted by molar-refractivity contribution is 7.89. The molecule has 0 spiro atoms. The first-order valence-electron chi connectivity index (χ1n) is 13.0. The van der Waals surface area contributed by atoms with Crippen LogP contribution >= 0.6 is 0 Å². The van der Waals surface area contributed by atoms with Gasteiger partial charge in [-0.2, -0.15) is 4.31 Å². The number of carbonyl (C=O) groups is 1. The number of rotatable bonds is 9. The van der Waals surface area contributed by atoms with Gasteiger partial charge in [0.15, 0.2) is 0 Å². The molecule has 2 N–H and O–H groups in total. The molecule has 12 heteroatoms. The molecule has 3 saturated heterocycles. The van der Waals surface area contributed by atoms with E-state index in [0.29, 0.717) is 25.1 Å². The Morgan fingerprint density at radius 3 is 2.78 bits per heavy atom. The maximum Gasteiger partial charge on any atom is 0.243 e. The lowest BCUT2D eigenvalue weighted by Crippen LogP contribution is -2.57. The maximum absolute atomic E-state index is 13.6. The third-order valence-electron chi connectivity index (χ3n) is 7.07. The van der Waals surface area contributed by atoms with Gasteiger partial charge in [-0.3, -0.25) is 9.69 Å². The summed E-state index contributed by atoms with van der Waals surface area (Å²) in [6, 6.07) is 5.78. The van der Waals surface area contributed by atoms with Gasteiger partial charge in [-0.1, -0.05) is 6.07 Å². The van der Waals surface area contributed by atoms with Crippen molar-refractivity contribution in [2.75, 3.05) is 66.3 Å². The number of carbonyl (C=O) groups excluding carboxylic acids is 1. The second-order valence-electron chi connectivity index (χ2n) is 9.75. The lowest BCUT2D eigenvalue weighted by Gasteiger charge is -2.43. The second-order valence-corrected chi connectivity index (χ2v) is 11.6. The molecule has 1 aromatic carbocycles. The van der Waals surface area contributed by atoms with Crippen molar-refractivity contribution in [3.05, 3.63) is 24.3 Å². The summed E-state index contributed by atoms with van der Waals surface area (Å²) in [5.74, 6) is 0.359. The number of β-amino-alcohol motifs (C(OH)–C–C–N with tert-alkyl or cyclic N) is 1. The van der Waals surface area contributed by atoms with Crippen molar-refractivity contribution in [3.63, 3.8) is 0 Å². The minimum atomic E-state index is -3.94. The predicted molar refractivity (Wildman–Crippen MR) is 135 cm³/mol. The molecule has 37 heavy (non-hydrogen) atoms. The number of aliphatic hydroxyl groups is 1. The van der Waals surface area contributed by atoms with Gasteiger partial charge in [0.2, 0.25) is 15.9 Å². The van der Waals surface area contributed by atoms with Crippen LogP contribution in [0.1, 0.15) is 25.7 Å². The molecule has 1 aromatic rings. The summed E-state index contributed by atoms with van der Waals surface area (Å²) >= 11 is 0. The zero-order chi connectivity index (χ0) is 26.3. The third-order valence-corrected chi connectivity index (χ3v) is 8.96. The number of methoxy groups -OCH3 is 1. The highest BCUT2D eigenvalue weighted by Crippen LogP contribution is 2.32. The molecule has 0 saturated carbocycles. The Morgan fingerprint density at radius 2 is 2.00 bits per heavy atom. The van der Waals surface area contributed by atoms with Gasteiger partial charge in [0.1, 0.15) is 5.75 Å². The average Bonchev–Trinajstić information content (AvgIpc) is 2.89. The van der Waals surface area contributed by atoms with Gasteiger partial charge < -0.3 is 29.4 Å². The number of benzene rings is 1. The van der Waals surface area contributed by atoms with E-state index in [0.717, 1.165) is 39.3 Å². The molecule has 0 bridgehead atoms. The molecule has 0 aliphatic carbocycles. The fraction of sp³-hybridized carbons (Fsp3) is 0.720. The van der Waals surface area contributed by atoms with Crippen LogP contribution in [0.5, 0.6) is 5.75 Å². The highest BCUT2D eigenvalue weighted by atomic mass is 32.2. The van der Waals surface area contributed by atoms with Gasteiger partial charge in [-0.25, -0.2) is 8.42 Å². The number of nitrogens with zero attached hydrogens (tertiary/aromatic N) is 2. The SMILES string of the molecule is COc1cccc(S(=O)(=O)N2C[C@H](O)COC[C@H]3O[C@@H](CC(=O)NCCCN4CCOCC4)CC[C@@H]32)c1. The zero-order valence-electron chi connectivity index (χ0n) is 21.4. The van der Waals surface area contributed by atoms with Crippen LogP contribution in [-0.2, 0) is 29.0 Å². The van der Waals surface area contributed by atoms with Gasteiger partial charge in [-0.15, -0.1) is 0 Å². The van der Waals surface area contributed by atoms with Crippen molar-refractivity contribution in [1.82, 2.24) is 14.5 Å². The zero-order valence-corrected chi connectivity index (χ0v) is 22.2. The quantitative estimate of drug-likeness (QED) is 0.422. The van der Waals surface area contributed by atoms with Crippen molar-refractivity contribution in [3.8, 4) is 5.75 Å². The summed E-state index contributed by atoms with van der Waals surface area (Å²) in [7, 11) is -2.46. The molecule has 3 aliphatic heterocycles. The monoisotopic (exact) mass is 541 g/mol. The van der Waals surface area contributed by atoms with E-state index < -0.39 is 28.3 Å². The average molecular weight is 542 g/mol. The fourth-order valence-corrected chi connectivity index (χ4v) is 6.85. The van der Waals surface area contributed by atoms with Gasteiger partial charge >= 0.3 is 0 Å². The molecule has 1 amide bonds. The first-order chi connectivity index (χ1) is 17.9. The first kappa shape index (κ1) is 28.2. The Kier molecular flexibility index (Phi) is 10.2. The lowest BCUT2D eigenvalue weighted by molar-refractivity contribution is -0.146. The number of amides is 1. The standard InChI is InChI=1S/C25H39N3O8S/c1-33-20-4-2-5-22(14-20)37(31,32)28-16-19(29)17-35-18-24-23(28)7-6-21(36-24)15-25(30)26-8-3-9-27-10-12-34-13-11-27/h2,4-5,14,19,21,23-24,29H,3,6-13,15-18H2,1H3,(H,26,30)/t19-,21+,23-,24+/m0/s1. The highest BCUT2D eigenvalue weighted by Gasteiger charge is 2.43. The van der Waals surface area contributed by atoms with Crippen LogP contribution in [0, 0.1) is 0 Å². The predicted octanol–water partition coefficient (Wildman–Crippen LogP) is 0.222. The molecule has 0 unspecified atom stereocenters. The van der Waals surface area contributed by atoms with Crippen LogP contribution in [0.25, 0.3) is 0 Å². The summed E-state index contributed by atoms with van der Waals surface area (Å²) in [5.41, 5.74) is 0. The van der Waals surface area contributed by atoms with Crippen LogP contribution in [0.3, 0.4) is 0 Å². The van der Waals surface area contributed by atoms with Gasteiger partial charge in [-0.05, 0) is 37.9 Å². The van der Waals surface area contributed by atoms with Crippen molar-refractivity contribution in [2.24, 2.45) is 0 Å². The van der Waals surface area contributed by atoms with Crippen LogP contribution in [0.4, 0.5) is 0 Å². The Hall–Kier alpha value is -1.80. The molecule has 4 rings (SSSR count). The van der Waals surface area contributed by atoms with Crippen LogP contribution in [-0.4, -0.2) is 119 Å². The molecule has 3 fully saturated rings. The number of hydrogen-bond acceptors (Lipinski definition) is 9. The molecule has 4 atom stereocenters. The number of morpholine rings is 1. The van der Waals surface area contributed by atoms with Gasteiger partial charge in [0.05, 0.1) is 69.2 Å². The fourth-order valence-electron chi connectivity index (χ4n) is 5.10. The Balaban J connectivity index is 1.34. The number of fused-ring (bicyclic) bond motifs is 1. The summed E-state index contributed by atoms with van der Waals surface area (Å²) in [6.07, 6.45) is 0.292. The second kappa shape index (κ2) is 13.3. The first-order valence-corrected chi connectivity index (χ1v) is 14.4. The smallest absolute Gasteiger partial charge is 0.243 e. The summed E-state index contributed by atoms with van der Waals surface area (Å²) in [5, 5.41) is 13.4. The summed E-state index contributed by atoms with van der Waals surface area (Å²) < 4.78 is 51.0. The van der Waals surface area contributed by atoms with Crippen molar-refractivity contribution in [2.45, 2.75) is 54.9 Å². The van der Waals surface area contributed by atoms with Crippen LogP contribution in [0.2, 0.25) is 0 Å². The van der Waals surface area contributed by atoms with Gasteiger partial charge in [0, 0.05) is 32.2 Å². The van der Waals surface area contributed by atoms with Gasteiger partial charge in [0.25, 0.3) is 0 Å². The van der Waals surface area contributed by atoms with E-state index in [1.165, 1.54) is 23.5 Å². The minimum Gasteiger partial charge on any atom is -0.497 e. The summed E-state index contributed by atoms with van der Waals surface area (Å²) in [6.45, 7) is 4.94. The minimum absolute atomic E-state index is 0.00497. The molecule has 3 aliphatic rings. The topological polar surface area (TPSA) is 127 Å². The van der Waals surface area contributed by atoms with E-state index in [4.69, 9.17) is 18.9 Å². The molecule has 0 aromatic heterocycles. The van der Waals surface area contributed by atoms with E-state index in [1.54, 1.807) is 12.1 Å². The number of nitrogens with one attached hydrogen (secondary N) is 1. The Bertz CT molecular complexity index is 988. The van der Waals surface area contributed by atoms with Crippen LogP contribution < -0.4 is 10.1 Å². The number of ether oxygens (including phenoxy) is 4. The Labute approximate surface area is 219 Å². The van der Waals surface area contributed by atoms with Crippen molar-refractivity contribution >= 4 is 15.9 Å². The molecular formula is C25H39N3O8S.